The summed E-state index contributed by atoms with van der Waals surface area (Å²) in [6.07, 6.45) is 4.28. The van der Waals surface area contributed by atoms with Crippen molar-refractivity contribution >= 4 is 39.5 Å². The summed E-state index contributed by atoms with van der Waals surface area (Å²) in [4.78, 5) is 70.9. The van der Waals surface area contributed by atoms with E-state index in [0.717, 1.165) is 121 Å². The molecular formula is C63H78N6O10. The van der Waals surface area contributed by atoms with Crippen molar-refractivity contribution < 1.29 is 38.1 Å². The maximum absolute atomic E-state index is 13.4. The molecule has 0 bridgehead atoms. The number of Topliss-reactive ketones (excluding diaryl/α,β-unsaturated/α-hetero) is 2. The highest BCUT2D eigenvalue weighted by atomic mass is 16.6. The summed E-state index contributed by atoms with van der Waals surface area (Å²) in [5, 5.41) is 5.38. The molecule has 420 valence electrons. The van der Waals surface area contributed by atoms with E-state index in [4.69, 9.17) is 23.7 Å². The largest absolute Gasteiger partial charge is 0.486 e. The molecule has 0 atom stereocenters. The molecular weight excluding hydrogens is 1000 g/mol. The van der Waals surface area contributed by atoms with Crippen molar-refractivity contribution in [1.29, 1.82) is 0 Å². The summed E-state index contributed by atoms with van der Waals surface area (Å²) < 4.78 is 32.2. The molecule has 2 saturated heterocycles. The Morgan fingerprint density at radius 3 is 1.52 bits per heavy atom. The number of fused-ring (bicyclic) bond motifs is 4. The van der Waals surface area contributed by atoms with E-state index >= 15 is 0 Å². The Hall–Kier alpha value is -7.01. The summed E-state index contributed by atoms with van der Waals surface area (Å²) in [7, 11) is 0. The number of likely N-dealkylation sites (tertiary alicyclic amines) is 2. The Kier molecular flexibility index (Phi) is 18.2. The maximum Gasteiger partial charge on any atom is 0.410 e. The van der Waals surface area contributed by atoms with Gasteiger partial charge < -0.3 is 52.8 Å². The van der Waals surface area contributed by atoms with Gasteiger partial charge in [0.1, 0.15) is 32.0 Å². The Balaban J connectivity index is 0.000000195. The second-order valence-electron chi connectivity index (χ2n) is 22.3. The molecule has 4 aromatic carbocycles. The van der Waals surface area contributed by atoms with Crippen molar-refractivity contribution in [2.24, 2.45) is 0 Å². The van der Waals surface area contributed by atoms with Gasteiger partial charge in [-0.05, 0) is 156 Å². The minimum absolute atomic E-state index is 0.0148. The summed E-state index contributed by atoms with van der Waals surface area (Å²) >= 11 is 0. The molecule has 10 rings (SSSR count). The van der Waals surface area contributed by atoms with Gasteiger partial charge in [-0.2, -0.15) is 0 Å². The number of amides is 1. The van der Waals surface area contributed by atoms with E-state index in [2.05, 4.69) is 27.2 Å². The van der Waals surface area contributed by atoms with Crippen LogP contribution in [-0.4, -0.2) is 125 Å². The fourth-order valence-electron chi connectivity index (χ4n) is 11.2. The number of pyridine rings is 2. The number of piperidine rings is 2. The van der Waals surface area contributed by atoms with E-state index in [9.17, 15) is 24.0 Å². The van der Waals surface area contributed by atoms with Gasteiger partial charge in [-0.3, -0.25) is 19.2 Å². The van der Waals surface area contributed by atoms with E-state index in [-0.39, 0.29) is 34.8 Å². The van der Waals surface area contributed by atoms with Crippen LogP contribution in [0.4, 0.5) is 4.79 Å². The Morgan fingerprint density at radius 2 is 1.04 bits per heavy atom. The molecule has 1 amide bonds. The molecule has 0 saturated carbocycles. The van der Waals surface area contributed by atoms with Crippen LogP contribution >= 0.6 is 0 Å². The molecule has 0 aliphatic carbocycles. The fourth-order valence-corrected chi connectivity index (χ4v) is 11.2. The number of carbonyl (C=O) groups excluding carboxylic acids is 3. The minimum atomic E-state index is -0.603. The summed E-state index contributed by atoms with van der Waals surface area (Å²) in [6, 6.07) is 27.1. The van der Waals surface area contributed by atoms with E-state index in [0.29, 0.717) is 88.4 Å². The quantitative estimate of drug-likeness (QED) is 0.0913. The number of rotatable bonds is 16. The van der Waals surface area contributed by atoms with Crippen molar-refractivity contribution in [3.63, 3.8) is 0 Å². The third-order valence-corrected chi connectivity index (χ3v) is 15.4. The molecule has 4 aliphatic heterocycles. The van der Waals surface area contributed by atoms with Crippen LogP contribution in [0.25, 0.3) is 21.8 Å². The molecule has 4 aliphatic rings. The van der Waals surface area contributed by atoms with Crippen molar-refractivity contribution in [3.05, 3.63) is 139 Å². The lowest BCUT2D eigenvalue weighted by atomic mass is 10.00. The number of ketones is 2. The first-order valence-corrected chi connectivity index (χ1v) is 28.3. The number of aromatic nitrogens is 2. The van der Waals surface area contributed by atoms with Gasteiger partial charge in [0.05, 0.1) is 11.0 Å². The lowest BCUT2D eigenvalue weighted by Crippen LogP contribution is -2.49. The zero-order valence-corrected chi connectivity index (χ0v) is 47.2. The average molecular weight is 1080 g/mol. The monoisotopic (exact) mass is 1080 g/mol. The van der Waals surface area contributed by atoms with Crippen LogP contribution in [0.3, 0.4) is 0 Å². The van der Waals surface area contributed by atoms with Crippen molar-refractivity contribution in [1.82, 2.24) is 29.2 Å². The third kappa shape index (κ3) is 14.1. The molecule has 16 nitrogen and oxygen atoms in total. The van der Waals surface area contributed by atoms with Gasteiger partial charge in [0, 0.05) is 111 Å². The highest BCUT2D eigenvalue weighted by molar-refractivity contribution is 6.08. The van der Waals surface area contributed by atoms with Gasteiger partial charge in [-0.1, -0.05) is 26.0 Å². The average Bonchev–Trinajstić information content (AvgIpc) is 3.44. The van der Waals surface area contributed by atoms with E-state index in [1.165, 1.54) is 5.56 Å². The number of carbonyl (C=O) groups is 3. The van der Waals surface area contributed by atoms with Crippen molar-refractivity contribution in [2.75, 3.05) is 65.7 Å². The molecule has 6 heterocycles. The van der Waals surface area contributed by atoms with Crippen LogP contribution < -0.4 is 35.4 Å². The summed E-state index contributed by atoms with van der Waals surface area (Å²) in [6.45, 7) is 23.0. The number of aryl methyl sites for hydroxylation is 2. The molecule has 0 radical (unpaired) electrons. The van der Waals surface area contributed by atoms with Crippen molar-refractivity contribution in [2.45, 2.75) is 131 Å². The topological polar surface area (TPSA) is 163 Å². The van der Waals surface area contributed by atoms with Crippen LogP contribution in [0, 0.1) is 13.8 Å². The van der Waals surface area contributed by atoms with Crippen LogP contribution in [0.5, 0.6) is 23.0 Å². The normalized spacial score (nSPS) is 16.1. The number of nitrogens with one attached hydrogen (secondary N) is 1. The molecule has 2 fully saturated rings. The van der Waals surface area contributed by atoms with Gasteiger partial charge in [0.15, 0.2) is 34.6 Å². The number of hydrogen-bond donors (Lipinski definition) is 1. The van der Waals surface area contributed by atoms with Crippen LogP contribution in [-0.2, 0) is 30.9 Å². The Morgan fingerprint density at radius 1 is 0.582 bits per heavy atom. The lowest BCUT2D eigenvalue weighted by Gasteiger charge is -2.39. The van der Waals surface area contributed by atoms with Gasteiger partial charge >= 0.3 is 6.09 Å². The predicted octanol–water partition coefficient (Wildman–Crippen LogP) is 9.50. The number of nitrogens with zero attached hydrogens (tertiary/aromatic N) is 5. The number of benzene rings is 4. The van der Waals surface area contributed by atoms with Crippen LogP contribution in [0.2, 0.25) is 0 Å². The predicted molar refractivity (Wildman–Crippen MR) is 308 cm³/mol. The first kappa shape index (κ1) is 56.7. The molecule has 0 spiro atoms. The van der Waals surface area contributed by atoms with Crippen molar-refractivity contribution in [3.8, 4) is 23.0 Å². The second kappa shape index (κ2) is 25.4. The molecule has 2 aromatic heterocycles. The fraction of sp³-hybridized carbons (Fsp3) is 0.476. The highest BCUT2D eigenvalue weighted by Gasteiger charge is 2.32. The van der Waals surface area contributed by atoms with E-state index in [1.54, 1.807) is 28.8 Å². The second-order valence-corrected chi connectivity index (χ2v) is 22.3. The van der Waals surface area contributed by atoms with Gasteiger partial charge in [0.25, 0.3) is 11.1 Å². The van der Waals surface area contributed by atoms with Crippen LogP contribution in [0.15, 0.2) is 94.5 Å². The molecule has 16 heteroatoms. The summed E-state index contributed by atoms with van der Waals surface area (Å²) in [5.41, 5.74) is 6.49. The third-order valence-electron chi connectivity index (χ3n) is 15.4. The highest BCUT2D eigenvalue weighted by Crippen LogP contribution is 2.33. The van der Waals surface area contributed by atoms with Gasteiger partial charge in [0.2, 0.25) is 0 Å². The SMILES string of the molecule is CCC(=O)c1cc(C)cc2c1ccc(=O)n2CCN1CCC(N(Cc2ccc3c(c2)OCCO3)C(=O)OC(C)(C)C)CC1.CCC(=O)c1cc(C)cc2c1ccc(=O)n2CCN1CCC(NCc2ccc3c(c2)OCCO3)CC1. The maximum atomic E-state index is 13.4. The van der Waals surface area contributed by atoms with E-state index in [1.807, 2.05) is 106 Å². The smallest absolute Gasteiger partial charge is 0.410 e. The van der Waals surface area contributed by atoms with E-state index < -0.39 is 5.60 Å². The standard InChI is InChI=1S/C34H43N3O6.C29H35N3O4/c1-6-29(38)27-19-23(2)20-28-26(27)8-10-32(39)36(28)16-15-35-13-11-25(12-14-35)37(33(40)43-34(3,4)5)22-24-7-9-30-31(21-24)42-18-17-41-30;1-3-26(33)24-16-20(2)17-25-23(24)5-7-29(34)32(25)13-12-31-10-8-22(9-11-31)30-19-21-4-6-27-28(18-21)36-15-14-35-27/h7-10,19-21,25H,6,11-18,22H2,1-5H3;4-7,16-18,22,30H,3,8-15,19H2,1-2H3. The zero-order valence-electron chi connectivity index (χ0n) is 47.2. The van der Waals surface area contributed by atoms with Gasteiger partial charge in [-0.15, -0.1) is 0 Å². The molecule has 79 heavy (non-hydrogen) atoms. The van der Waals surface area contributed by atoms with Crippen LogP contribution in [0.1, 0.15) is 116 Å². The first-order valence-electron chi connectivity index (χ1n) is 28.3. The van der Waals surface area contributed by atoms with Gasteiger partial charge in [-0.25, -0.2) is 4.79 Å². The Bertz CT molecular complexity index is 3290. The molecule has 6 aromatic rings. The number of ether oxygens (including phenoxy) is 5. The Labute approximate surface area is 463 Å². The lowest BCUT2D eigenvalue weighted by molar-refractivity contribution is 0.00560. The molecule has 1 N–H and O–H groups in total. The zero-order chi connectivity index (χ0) is 55.8. The molecule has 0 unspecified atom stereocenters. The first-order chi connectivity index (χ1) is 38.0. The summed E-state index contributed by atoms with van der Waals surface area (Å²) in [5.74, 6) is 3.27. The minimum Gasteiger partial charge on any atom is -0.486 e. The number of hydrogen-bond acceptors (Lipinski definition) is 13.